The molecule has 9 nitrogen and oxygen atoms in total. The number of aryl methyl sites for hydroxylation is 1. The number of hydrogen-bond acceptors (Lipinski definition) is 5. The van der Waals surface area contributed by atoms with Gasteiger partial charge in [0.1, 0.15) is 11.5 Å². The largest absolute Gasteiger partial charge is 0.475 e. The molecule has 1 aromatic carbocycles. The van der Waals surface area contributed by atoms with E-state index in [-0.39, 0.29) is 23.4 Å². The van der Waals surface area contributed by atoms with Crippen LogP contribution in [-0.2, 0) is 35.7 Å². The molecule has 3 unspecified atom stereocenters. The van der Waals surface area contributed by atoms with Crippen molar-refractivity contribution < 1.29 is 13.7 Å². The summed E-state index contributed by atoms with van der Waals surface area (Å²) in [5.74, 6) is 0.732. The molecule has 2 aliphatic carbocycles. The number of urea groups is 1. The quantitative estimate of drug-likeness (QED) is 0.670. The predicted molar refractivity (Wildman–Crippen MR) is 113 cm³/mol. The fourth-order valence-electron chi connectivity index (χ4n) is 4.79. The van der Waals surface area contributed by atoms with E-state index in [9.17, 15) is 9.00 Å². The van der Waals surface area contributed by atoms with E-state index in [4.69, 9.17) is 15.6 Å². The lowest BCUT2D eigenvalue weighted by Gasteiger charge is -2.21. The van der Waals surface area contributed by atoms with Gasteiger partial charge in [-0.05, 0) is 60.3 Å². The normalized spacial score (nSPS) is 23.7. The van der Waals surface area contributed by atoms with Crippen LogP contribution in [0.1, 0.15) is 47.9 Å². The number of ether oxygens (including phenoxy) is 1. The molecule has 10 heteroatoms. The van der Waals surface area contributed by atoms with Crippen LogP contribution in [0.25, 0.3) is 0 Å². The standard InChI is InChI=1S/C20H26N6O3S/c1-11-5-6-15-16(11)7-12-3-2-4-14(12)18(15)24-20(27)25-30(22,28)17-8-23-26-9-13(21)10-29-19(17)26/h7-8,11,13H,2-6,9-10,21H2,1H3,(H3,22,24,25,27,28). The van der Waals surface area contributed by atoms with Crippen LogP contribution >= 0.6 is 0 Å². The summed E-state index contributed by atoms with van der Waals surface area (Å²) in [4.78, 5) is 12.9. The van der Waals surface area contributed by atoms with Crippen molar-refractivity contribution in [2.24, 2.45) is 15.2 Å². The molecule has 30 heavy (non-hydrogen) atoms. The molecule has 5 rings (SSSR count). The third-order valence-electron chi connectivity index (χ3n) is 6.27. The lowest BCUT2D eigenvalue weighted by molar-refractivity contribution is 0.200. The zero-order chi connectivity index (χ0) is 21.0. The summed E-state index contributed by atoms with van der Waals surface area (Å²) in [5, 5.41) is 13.0. The van der Waals surface area contributed by atoms with E-state index >= 15 is 0 Å². The van der Waals surface area contributed by atoms with Crippen LogP contribution in [-0.4, -0.2) is 32.7 Å². The predicted octanol–water partition coefficient (Wildman–Crippen LogP) is 2.07. The van der Waals surface area contributed by atoms with E-state index in [1.165, 1.54) is 33.1 Å². The van der Waals surface area contributed by atoms with E-state index < -0.39 is 15.9 Å². The molecular formula is C20H26N6O3S. The summed E-state index contributed by atoms with van der Waals surface area (Å²) < 4.78 is 24.0. The minimum Gasteiger partial charge on any atom is -0.475 e. The molecule has 2 aromatic rings. The van der Waals surface area contributed by atoms with Crippen LogP contribution in [0.3, 0.4) is 0 Å². The summed E-state index contributed by atoms with van der Waals surface area (Å²) in [5.41, 5.74) is 11.6. The van der Waals surface area contributed by atoms with E-state index in [1.54, 1.807) is 0 Å². The number of fused-ring (bicyclic) bond motifs is 3. The second kappa shape index (κ2) is 7.07. The first-order valence-electron chi connectivity index (χ1n) is 10.3. The molecule has 3 atom stereocenters. The second-order valence-corrected chi connectivity index (χ2v) is 10.2. The minimum atomic E-state index is -3.52. The van der Waals surface area contributed by atoms with E-state index in [0.29, 0.717) is 12.5 Å². The number of benzene rings is 1. The monoisotopic (exact) mass is 430 g/mol. The summed E-state index contributed by atoms with van der Waals surface area (Å²) in [6.07, 6.45) is 6.34. The van der Waals surface area contributed by atoms with Crippen LogP contribution in [0.15, 0.2) is 21.5 Å². The fourth-order valence-corrected chi connectivity index (χ4v) is 5.79. The maximum Gasteiger partial charge on any atom is 0.354 e. The molecule has 2 amide bonds. The Balaban J connectivity index is 1.48. The summed E-state index contributed by atoms with van der Waals surface area (Å²) >= 11 is 0. The smallest absolute Gasteiger partial charge is 0.354 e. The molecule has 1 aliphatic heterocycles. The third-order valence-corrected chi connectivity index (χ3v) is 7.61. The van der Waals surface area contributed by atoms with E-state index in [2.05, 4.69) is 27.8 Å². The lowest BCUT2D eigenvalue weighted by Crippen LogP contribution is -2.37. The molecule has 1 aromatic heterocycles. The van der Waals surface area contributed by atoms with Crippen molar-refractivity contribution in [1.82, 2.24) is 9.78 Å². The van der Waals surface area contributed by atoms with E-state index in [1.807, 2.05) is 0 Å². The number of hydrogen-bond donors (Lipinski definition) is 3. The van der Waals surface area contributed by atoms with Crippen molar-refractivity contribution in [3.05, 3.63) is 34.5 Å². The first-order chi connectivity index (χ1) is 14.3. The molecule has 0 saturated carbocycles. The Bertz CT molecular complexity index is 1160. The van der Waals surface area contributed by atoms with Crippen molar-refractivity contribution >= 4 is 21.6 Å². The van der Waals surface area contributed by atoms with Gasteiger partial charge in [-0.25, -0.2) is 18.8 Å². The first kappa shape index (κ1) is 19.5. The zero-order valence-corrected chi connectivity index (χ0v) is 17.7. The van der Waals surface area contributed by atoms with Gasteiger partial charge in [0.25, 0.3) is 0 Å². The Morgan fingerprint density at radius 2 is 2.20 bits per heavy atom. The first-order valence-corrected chi connectivity index (χ1v) is 11.9. The molecule has 3 aliphatic rings. The number of carbonyl (C=O) groups is 1. The van der Waals surface area contributed by atoms with Crippen LogP contribution in [0.4, 0.5) is 10.5 Å². The average molecular weight is 431 g/mol. The number of nitrogens with two attached hydrogens (primary N) is 2. The van der Waals surface area contributed by atoms with Crippen LogP contribution in [0.2, 0.25) is 0 Å². The van der Waals surface area contributed by atoms with Crippen molar-refractivity contribution in [2.75, 3.05) is 11.9 Å². The van der Waals surface area contributed by atoms with Gasteiger partial charge < -0.3 is 15.8 Å². The van der Waals surface area contributed by atoms with Crippen molar-refractivity contribution in [3.63, 3.8) is 0 Å². The van der Waals surface area contributed by atoms with Crippen molar-refractivity contribution in [1.29, 1.82) is 0 Å². The van der Waals surface area contributed by atoms with Gasteiger partial charge in [-0.3, -0.25) is 0 Å². The van der Waals surface area contributed by atoms with Crippen molar-refractivity contribution in [3.8, 4) is 5.88 Å². The van der Waals surface area contributed by atoms with Gasteiger partial charge in [0, 0.05) is 5.69 Å². The van der Waals surface area contributed by atoms with Crippen LogP contribution < -0.4 is 20.9 Å². The Morgan fingerprint density at radius 3 is 3.03 bits per heavy atom. The highest BCUT2D eigenvalue weighted by Gasteiger charge is 2.29. The minimum absolute atomic E-state index is 0.113. The Morgan fingerprint density at radius 1 is 1.37 bits per heavy atom. The molecule has 5 N–H and O–H groups in total. The van der Waals surface area contributed by atoms with Gasteiger partial charge in [-0.15, -0.1) is 4.36 Å². The number of aromatic nitrogens is 2. The maximum atomic E-state index is 13.1. The van der Waals surface area contributed by atoms with Gasteiger partial charge in [0.15, 0.2) is 9.92 Å². The van der Waals surface area contributed by atoms with Gasteiger partial charge in [0.2, 0.25) is 5.88 Å². The Hall–Kier alpha value is -2.43. The number of carbonyl (C=O) groups excluding carboxylic acids is 1. The molecular weight excluding hydrogens is 404 g/mol. The number of amides is 2. The summed E-state index contributed by atoms with van der Waals surface area (Å²) in [6, 6.07) is 1.39. The average Bonchev–Trinajstić information content (AvgIpc) is 3.40. The fraction of sp³-hybridized carbons (Fsp3) is 0.500. The molecule has 0 fully saturated rings. The Labute approximate surface area is 175 Å². The molecule has 0 bridgehead atoms. The van der Waals surface area contributed by atoms with Gasteiger partial charge in [0.05, 0.1) is 18.8 Å². The second-order valence-electron chi connectivity index (χ2n) is 8.41. The molecule has 0 saturated heterocycles. The molecule has 160 valence electrons. The van der Waals surface area contributed by atoms with E-state index in [0.717, 1.165) is 37.8 Å². The molecule has 0 radical (unpaired) electrons. The Kier molecular flexibility index (Phi) is 4.60. The highest BCUT2D eigenvalue weighted by atomic mass is 32.2. The van der Waals surface area contributed by atoms with Gasteiger partial charge in [-0.2, -0.15) is 5.10 Å². The maximum absolute atomic E-state index is 13.1. The molecule has 0 spiro atoms. The lowest BCUT2D eigenvalue weighted by atomic mass is 9.96. The third kappa shape index (κ3) is 3.19. The summed E-state index contributed by atoms with van der Waals surface area (Å²) in [6.45, 7) is 2.91. The number of nitrogens with one attached hydrogen (secondary N) is 1. The topological polar surface area (TPSA) is 138 Å². The van der Waals surface area contributed by atoms with Crippen molar-refractivity contribution in [2.45, 2.75) is 62.4 Å². The van der Waals surface area contributed by atoms with Crippen LogP contribution in [0.5, 0.6) is 5.88 Å². The van der Waals surface area contributed by atoms with Gasteiger partial charge >= 0.3 is 6.03 Å². The number of anilines is 1. The SMILES string of the molecule is CC1CCc2c1cc1c(c2NC(=O)N=S(N)(=O)c2cnn3c2OCC(N)C3)CCC1. The summed E-state index contributed by atoms with van der Waals surface area (Å²) in [7, 11) is -3.52. The number of rotatable bonds is 2. The molecule has 2 heterocycles. The highest BCUT2D eigenvalue weighted by Crippen LogP contribution is 2.43. The van der Waals surface area contributed by atoms with Gasteiger partial charge in [-0.1, -0.05) is 13.0 Å². The number of nitrogens with zero attached hydrogens (tertiary/aromatic N) is 3. The van der Waals surface area contributed by atoms with Crippen LogP contribution in [0, 0.1) is 0 Å². The zero-order valence-electron chi connectivity index (χ0n) is 16.9. The highest BCUT2D eigenvalue weighted by molar-refractivity contribution is 7.91.